The number of carbonyl (C=O) groups excluding carboxylic acids is 1. The molecule has 2 aromatic heterocycles. The lowest BCUT2D eigenvalue weighted by molar-refractivity contribution is -0.116. The highest BCUT2D eigenvalue weighted by molar-refractivity contribution is 9.11. The average Bonchev–Trinajstić information content (AvgIpc) is 2.93. The highest BCUT2D eigenvalue weighted by Crippen LogP contribution is 2.41. The van der Waals surface area contributed by atoms with Crippen LogP contribution in [0.1, 0.15) is 42.7 Å². The smallest absolute Gasteiger partial charge is 0.226 e. The van der Waals surface area contributed by atoms with Gasteiger partial charge in [0, 0.05) is 28.8 Å². The number of halogens is 1. The second kappa shape index (κ2) is 4.76. The topological polar surface area (TPSA) is 46.9 Å². The van der Waals surface area contributed by atoms with Gasteiger partial charge >= 0.3 is 0 Å². The van der Waals surface area contributed by atoms with Crippen LogP contribution in [0.25, 0.3) is 0 Å². The third kappa shape index (κ3) is 2.23. The number of hydrogen-bond acceptors (Lipinski definition) is 3. The van der Waals surface area contributed by atoms with E-state index in [1.165, 1.54) is 4.88 Å². The Labute approximate surface area is 123 Å². The van der Waals surface area contributed by atoms with E-state index < -0.39 is 0 Å². The summed E-state index contributed by atoms with van der Waals surface area (Å²) < 4.78 is 2.97. The largest absolute Gasteiger partial charge is 0.311 e. The van der Waals surface area contributed by atoms with Gasteiger partial charge in [-0.25, -0.2) is 4.68 Å². The van der Waals surface area contributed by atoms with E-state index in [2.05, 4.69) is 46.3 Å². The summed E-state index contributed by atoms with van der Waals surface area (Å²) in [5.41, 5.74) is 1.11. The van der Waals surface area contributed by atoms with Crippen LogP contribution in [0.3, 0.4) is 0 Å². The van der Waals surface area contributed by atoms with Crippen molar-refractivity contribution in [2.45, 2.75) is 32.2 Å². The van der Waals surface area contributed by atoms with Crippen molar-refractivity contribution in [1.29, 1.82) is 0 Å². The molecule has 2 aromatic rings. The summed E-state index contributed by atoms with van der Waals surface area (Å²) in [5.74, 6) is 1.03. The van der Waals surface area contributed by atoms with Crippen molar-refractivity contribution >= 4 is 39.0 Å². The minimum absolute atomic E-state index is 0.0597. The van der Waals surface area contributed by atoms with Gasteiger partial charge in [-0.1, -0.05) is 0 Å². The zero-order valence-electron chi connectivity index (χ0n) is 10.7. The fraction of sp³-hybridized carbons (Fsp3) is 0.385. The van der Waals surface area contributed by atoms with Crippen LogP contribution in [0.15, 0.2) is 22.1 Å². The van der Waals surface area contributed by atoms with Crippen molar-refractivity contribution < 1.29 is 4.79 Å². The Bertz CT molecular complexity index is 632. The number of hydrogen-bond donors (Lipinski definition) is 1. The number of thiophene rings is 1. The first-order valence-corrected chi connectivity index (χ1v) is 7.79. The van der Waals surface area contributed by atoms with Crippen LogP contribution in [0, 0.1) is 0 Å². The Morgan fingerprint density at radius 3 is 2.95 bits per heavy atom. The van der Waals surface area contributed by atoms with Gasteiger partial charge in [-0.2, -0.15) is 5.10 Å². The lowest BCUT2D eigenvalue weighted by Crippen LogP contribution is -2.24. The van der Waals surface area contributed by atoms with E-state index in [0.717, 1.165) is 15.2 Å². The maximum absolute atomic E-state index is 11.9. The zero-order valence-corrected chi connectivity index (χ0v) is 13.1. The third-order valence-electron chi connectivity index (χ3n) is 3.27. The van der Waals surface area contributed by atoms with Crippen LogP contribution in [-0.4, -0.2) is 15.7 Å². The molecule has 1 amide bonds. The summed E-state index contributed by atoms with van der Waals surface area (Å²) in [4.78, 5) is 13.1. The monoisotopic (exact) mass is 339 g/mol. The molecule has 6 heteroatoms. The maximum Gasteiger partial charge on any atom is 0.226 e. The molecule has 0 radical (unpaired) electrons. The molecular formula is C13H14BrN3OS. The lowest BCUT2D eigenvalue weighted by atomic mass is 9.93. The molecule has 3 rings (SSSR count). The highest BCUT2D eigenvalue weighted by atomic mass is 79.9. The van der Waals surface area contributed by atoms with Gasteiger partial charge in [-0.15, -0.1) is 11.3 Å². The second-order valence-electron chi connectivity index (χ2n) is 4.93. The Balaban J connectivity index is 2.08. The molecule has 0 aromatic carbocycles. The Morgan fingerprint density at radius 1 is 1.53 bits per heavy atom. The van der Waals surface area contributed by atoms with Crippen LogP contribution in [0.2, 0.25) is 0 Å². The first-order valence-electron chi connectivity index (χ1n) is 6.18. The molecule has 4 nitrogen and oxygen atoms in total. The number of aromatic nitrogens is 2. The second-order valence-corrected chi connectivity index (χ2v) is 7.43. The summed E-state index contributed by atoms with van der Waals surface area (Å²) >= 11 is 5.16. The van der Waals surface area contributed by atoms with Gasteiger partial charge in [0.15, 0.2) is 0 Å². The van der Waals surface area contributed by atoms with Crippen molar-refractivity contribution in [3.8, 4) is 0 Å². The van der Waals surface area contributed by atoms with E-state index in [0.29, 0.717) is 6.42 Å². The first-order chi connectivity index (χ1) is 9.06. The van der Waals surface area contributed by atoms with Gasteiger partial charge in [0.05, 0.1) is 9.98 Å². The van der Waals surface area contributed by atoms with Crippen LogP contribution in [-0.2, 0) is 4.79 Å². The zero-order chi connectivity index (χ0) is 13.6. The van der Waals surface area contributed by atoms with Crippen LogP contribution in [0.4, 0.5) is 5.82 Å². The Morgan fingerprint density at radius 2 is 2.32 bits per heavy atom. The van der Waals surface area contributed by atoms with Crippen molar-refractivity contribution in [3.63, 3.8) is 0 Å². The number of fused-ring (bicyclic) bond motifs is 1. The van der Waals surface area contributed by atoms with E-state index in [-0.39, 0.29) is 17.9 Å². The molecule has 0 aliphatic carbocycles. The van der Waals surface area contributed by atoms with E-state index in [9.17, 15) is 4.79 Å². The normalized spacial score (nSPS) is 18.5. The predicted molar refractivity (Wildman–Crippen MR) is 79.7 cm³/mol. The van der Waals surface area contributed by atoms with Crippen LogP contribution in [0.5, 0.6) is 0 Å². The summed E-state index contributed by atoms with van der Waals surface area (Å²) in [6.07, 6.45) is 2.37. The van der Waals surface area contributed by atoms with Gasteiger partial charge in [0.2, 0.25) is 5.91 Å². The molecule has 0 saturated heterocycles. The minimum Gasteiger partial charge on any atom is -0.311 e. The van der Waals surface area contributed by atoms with Crippen LogP contribution >= 0.6 is 27.3 Å². The van der Waals surface area contributed by atoms with Gasteiger partial charge in [0.1, 0.15) is 5.82 Å². The molecule has 1 atom stereocenters. The highest BCUT2D eigenvalue weighted by Gasteiger charge is 2.31. The third-order valence-corrected chi connectivity index (χ3v) is 5.01. The molecular weight excluding hydrogens is 326 g/mol. The quantitative estimate of drug-likeness (QED) is 0.905. The van der Waals surface area contributed by atoms with Crippen molar-refractivity contribution in [1.82, 2.24) is 9.78 Å². The van der Waals surface area contributed by atoms with E-state index in [4.69, 9.17) is 0 Å². The summed E-state index contributed by atoms with van der Waals surface area (Å²) in [6.45, 7) is 4.12. The average molecular weight is 340 g/mol. The fourth-order valence-electron chi connectivity index (χ4n) is 2.40. The van der Waals surface area contributed by atoms with Gasteiger partial charge in [0.25, 0.3) is 0 Å². The number of carbonyl (C=O) groups is 1. The lowest BCUT2D eigenvalue weighted by Gasteiger charge is -2.23. The summed E-state index contributed by atoms with van der Waals surface area (Å²) in [6, 6.07) is 4.34. The molecule has 3 heterocycles. The summed E-state index contributed by atoms with van der Waals surface area (Å²) in [7, 11) is 0. The van der Waals surface area contributed by atoms with Crippen LogP contribution < -0.4 is 5.32 Å². The fourth-order valence-corrected chi connectivity index (χ4v) is 3.94. The molecule has 0 spiro atoms. The summed E-state index contributed by atoms with van der Waals surface area (Å²) in [5, 5.41) is 7.36. The van der Waals surface area contributed by atoms with Crippen molar-refractivity contribution in [2.24, 2.45) is 0 Å². The Kier molecular flexibility index (Phi) is 3.22. The van der Waals surface area contributed by atoms with Crippen molar-refractivity contribution in [3.05, 3.63) is 32.6 Å². The number of amides is 1. The molecule has 0 saturated carbocycles. The number of nitrogens with zero attached hydrogens (tertiary/aromatic N) is 2. The Hall–Kier alpha value is -1.14. The van der Waals surface area contributed by atoms with E-state index in [1.54, 1.807) is 11.3 Å². The SMILES string of the molecule is CC(C)n1ncc2c1NC(=O)C[C@H]2c1ccc(Br)s1. The van der Waals surface area contributed by atoms with Crippen molar-refractivity contribution in [2.75, 3.05) is 5.32 Å². The standard InChI is InChI=1S/C13H14BrN3OS/c1-7(2)17-13-9(6-15-17)8(5-12(18)16-13)10-3-4-11(14)19-10/h3-4,6-8H,5H2,1-2H3,(H,16,18)/t8-/m1/s1. The van der Waals surface area contributed by atoms with Gasteiger partial charge < -0.3 is 5.32 Å². The van der Waals surface area contributed by atoms with E-state index in [1.807, 2.05) is 16.9 Å². The minimum atomic E-state index is 0.0597. The molecule has 1 N–H and O–H groups in total. The number of nitrogens with one attached hydrogen (secondary N) is 1. The maximum atomic E-state index is 11.9. The number of anilines is 1. The molecule has 1 aliphatic heterocycles. The molecule has 100 valence electrons. The molecule has 0 fully saturated rings. The predicted octanol–water partition coefficient (Wildman–Crippen LogP) is 3.76. The molecule has 1 aliphatic rings. The molecule has 19 heavy (non-hydrogen) atoms. The number of rotatable bonds is 2. The first kappa shape index (κ1) is 12.9. The van der Waals surface area contributed by atoms with Gasteiger partial charge in [-0.3, -0.25) is 4.79 Å². The van der Waals surface area contributed by atoms with Gasteiger partial charge in [-0.05, 0) is 41.9 Å². The van der Waals surface area contributed by atoms with E-state index >= 15 is 0 Å². The molecule has 0 unspecified atom stereocenters. The molecule has 0 bridgehead atoms.